The number of hydrogen-bond acceptors (Lipinski definition) is 4. The van der Waals surface area contributed by atoms with Crippen molar-refractivity contribution in [1.29, 1.82) is 0 Å². The highest BCUT2D eigenvalue weighted by atomic mass is 35.7. The van der Waals surface area contributed by atoms with E-state index in [9.17, 15) is 8.42 Å². The molecule has 0 fully saturated rings. The van der Waals surface area contributed by atoms with Crippen molar-refractivity contribution < 1.29 is 8.42 Å². The molecule has 0 amide bonds. The number of halogens is 1. The molecule has 7 heteroatoms. The van der Waals surface area contributed by atoms with E-state index in [1.807, 2.05) is 20.8 Å². The molecule has 0 aliphatic carbocycles. The molecular formula is C8H14ClN3O2S. The summed E-state index contributed by atoms with van der Waals surface area (Å²) in [6, 6.07) is 0. The largest absolute Gasteiger partial charge is 0.301 e. The van der Waals surface area contributed by atoms with E-state index in [-0.39, 0.29) is 5.16 Å². The third-order valence-electron chi connectivity index (χ3n) is 1.92. The van der Waals surface area contributed by atoms with Crippen molar-refractivity contribution in [3.05, 3.63) is 5.82 Å². The number of rotatable bonds is 4. The standard InChI is InChI=1S/C8H14ClN3O2S/c1-4-12-7(5-6(2)3)10-11-8(12)15(9,13)14/h6H,4-5H2,1-3H3. The zero-order valence-corrected chi connectivity index (χ0v) is 10.5. The van der Waals surface area contributed by atoms with Crippen molar-refractivity contribution in [2.75, 3.05) is 0 Å². The molecule has 1 heterocycles. The van der Waals surface area contributed by atoms with Gasteiger partial charge in [-0.15, -0.1) is 10.2 Å². The summed E-state index contributed by atoms with van der Waals surface area (Å²) in [7, 11) is 1.44. The molecule has 5 nitrogen and oxygen atoms in total. The van der Waals surface area contributed by atoms with Gasteiger partial charge in [0, 0.05) is 23.6 Å². The molecule has 1 aromatic rings. The summed E-state index contributed by atoms with van der Waals surface area (Å²) in [5.41, 5.74) is 0. The second-order valence-electron chi connectivity index (χ2n) is 3.68. The lowest BCUT2D eigenvalue weighted by molar-refractivity contribution is 0.551. The summed E-state index contributed by atoms with van der Waals surface area (Å²) in [5.74, 6) is 1.05. The molecule has 0 aromatic carbocycles. The molecule has 0 bridgehead atoms. The average Bonchev–Trinajstić information content (AvgIpc) is 2.45. The van der Waals surface area contributed by atoms with Crippen LogP contribution in [-0.2, 0) is 22.0 Å². The van der Waals surface area contributed by atoms with Crippen molar-refractivity contribution >= 4 is 19.7 Å². The highest BCUT2D eigenvalue weighted by Gasteiger charge is 2.21. The van der Waals surface area contributed by atoms with Gasteiger partial charge in [-0.05, 0) is 12.8 Å². The van der Waals surface area contributed by atoms with Crippen LogP contribution in [0.5, 0.6) is 0 Å². The van der Waals surface area contributed by atoms with Gasteiger partial charge in [0.25, 0.3) is 14.2 Å². The van der Waals surface area contributed by atoms with Gasteiger partial charge in [0.1, 0.15) is 5.82 Å². The van der Waals surface area contributed by atoms with Crippen LogP contribution in [0.25, 0.3) is 0 Å². The van der Waals surface area contributed by atoms with E-state index in [0.717, 1.165) is 0 Å². The number of nitrogens with zero attached hydrogens (tertiary/aromatic N) is 3. The summed E-state index contributed by atoms with van der Waals surface area (Å²) < 4.78 is 23.8. The lowest BCUT2D eigenvalue weighted by Gasteiger charge is -2.06. The van der Waals surface area contributed by atoms with Gasteiger partial charge in [-0.2, -0.15) is 0 Å². The fourth-order valence-electron chi connectivity index (χ4n) is 1.33. The van der Waals surface area contributed by atoms with Crippen LogP contribution in [-0.4, -0.2) is 23.2 Å². The third kappa shape index (κ3) is 2.92. The number of hydrogen-bond donors (Lipinski definition) is 0. The van der Waals surface area contributed by atoms with Crippen LogP contribution in [0.3, 0.4) is 0 Å². The Kier molecular flexibility index (Phi) is 3.72. The van der Waals surface area contributed by atoms with E-state index in [2.05, 4.69) is 10.2 Å². The van der Waals surface area contributed by atoms with E-state index >= 15 is 0 Å². The van der Waals surface area contributed by atoms with E-state index in [1.165, 1.54) is 4.57 Å². The summed E-state index contributed by atoms with van der Waals surface area (Å²) in [5, 5.41) is 7.28. The molecule has 0 spiro atoms. The first-order chi connectivity index (χ1) is 6.86. The van der Waals surface area contributed by atoms with Crippen LogP contribution in [0.4, 0.5) is 0 Å². The van der Waals surface area contributed by atoms with Crippen LogP contribution in [0, 0.1) is 5.92 Å². The van der Waals surface area contributed by atoms with Crippen LogP contribution in [0.15, 0.2) is 5.16 Å². The highest BCUT2D eigenvalue weighted by molar-refractivity contribution is 8.13. The lowest BCUT2D eigenvalue weighted by Crippen LogP contribution is -2.10. The molecule has 0 unspecified atom stereocenters. The molecule has 1 aromatic heterocycles. The first-order valence-electron chi connectivity index (χ1n) is 4.73. The number of aromatic nitrogens is 3. The monoisotopic (exact) mass is 251 g/mol. The molecule has 0 radical (unpaired) electrons. The Hall–Kier alpha value is -0.620. The third-order valence-corrected chi connectivity index (χ3v) is 3.07. The molecule has 15 heavy (non-hydrogen) atoms. The quantitative estimate of drug-likeness (QED) is 0.760. The Morgan fingerprint density at radius 3 is 2.40 bits per heavy atom. The van der Waals surface area contributed by atoms with Gasteiger partial charge in [0.2, 0.25) is 0 Å². The fraction of sp³-hybridized carbons (Fsp3) is 0.750. The van der Waals surface area contributed by atoms with E-state index in [4.69, 9.17) is 10.7 Å². The van der Waals surface area contributed by atoms with Gasteiger partial charge in [0.15, 0.2) is 0 Å². The molecule has 0 N–H and O–H groups in total. The second-order valence-corrected chi connectivity index (χ2v) is 6.14. The molecule has 0 atom stereocenters. The van der Waals surface area contributed by atoms with Gasteiger partial charge in [-0.1, -0.05) is 13.8 Å². The minimum atomic E-state index is -3.80. The maximum absolute atomic E-state index is 11.2. The Labute approximate surface area is 93.9 Å². The minimum absolute atomic E-state index is 0.165. The van der Waals surface area contributed by atoms with E-state index in [1.54, 1.807) is 0 Å². The maximum atomic E-state index is 11.2. The lowest BCUT2D eigenvalue weighted by atomic mass is 10.1. The van der Waals surface area contributed by atoms with Gasteiger partial charge in [-0.3, -0.25) is 0 Å². The Bertz CT molecular complexity index is 439. The van der Waals surface area contributed by atoms with Gasteiger partial charge < -0.3 is 4.57 Å². The summed E-state index contributed by atoms with van der Waals surface area (Å²) in [6.07, 6.45) is 0.688. The first-order valence-corrected chi connectivity index (χ1v) is 7.04. The van der Waals surface area contributed by atoms with Gasteiger partial charge in [-0.25, -0.2) is 8.42 Å². The molecule has 0 aliphatic heterocycles. The molecule has 0 saturated heterocycles. The molecular weight excluding hydrogens is 238 g/mol. The van der Waals surface area contributed by atoms with Crippen molar-refractivity contribution in [1.82, 2.24) is 14.8 Å². The van der Waals surface area contributed by atoms with Crippen molar-refractivity contribution in [3.63, 3.8) is 0 Å². The first kappa shape index (κ1) is 12.4. The molecule has 1 rings (SSSR count). The van der Waals surface area contributed by atoms with Gasteiger partial charge in [0.05, 0.1) is 0 Å². The van der Waals surface area contributed by atoms with Crippen LogP contribution in [0.2, 0.25) is 0 Å². The van der Waals surface area contributed by atoms with Crippen LogP contribution >= 0.6 is 10.7 Å². The van der Waals surface area contributed by atoms with E-state index in [0.29, 0.717) is 24.7 Å². The fourth-order valence-corrected chi connectivity index (χ4v) is 2.31. The Balaban J connectivity index is 3.18. The Morgan fingerprint density at radius 1 is 1.40 bits per heavy atom. The molecule has 0 saturated carbocycles. The van der Waals surface area contributed by atoms with Gasteiger partial charge >= 0.3 is 0 Å². The van der Waals surface area contributed by atoms with Crippen molar-refractivity contribution in [2.45, 2.75) is 38.9 Å². The minimum Gasteiger partial charge on any atom is -0.301 e. The summed E-state index contributed by atoms with van der Waals surface area (Å²) in [4.78, 5) is 0. The topological polar surface area (TPSA) is 64.8 Å². The highest BCUT2D eigenvalue weighted by Crippen LogP contribution is 2.15. The predicted molar refractivity (Wildman–Crippen MR) is 57.3 cm³/mol. The summed E-state index contributed by atoms with van der Waals surface area (Å²) >= 11 is 0. The van der Waals surface area contributed by atoms with Crippen LogP contribution < -0.4 is 0 Å². The van der Waals surface area contributed by atoms with Crippen molar-refractivity contribution in [3.8, 4) is 0 Å². The normalized spacial score (nSPS) is 12.3. The Morgan fingerprint density at radius 2 is 2.00 bits per heavy atom. The molecule has 86 valence electrons. The SMILES string of the molecule is CCn1c(CC(C)C)nnc1S(=O)(=O)Cl. The smallest absolute Gasteiger partial charge is 0.296 e. The van der Waals surface area contributed by atoms with E-state index < -0.39 is 9.05 Å². The zero-order valence-electron chi connectivity index (χ0n) is 8.94. The second kappa shape index (κ2) is 4.49. The maximum Gasteiger partial charge on any atom is 0.296 e. The van der Waals surface area contributed by atoms with Crippen molar-refractivity contribution in [2.24, 2.45) is 5.92 Å². The summed E-state index contributed by atoms with van der Waals surface area (Å²) in [6.45, 7) is 6.39. The zero-order chi connectivity index (χ0) is 11.6. The van der Waals surface area contributed by atoms with Crippen LogP contribution in [0.1, 0.15) is 26.6 Å². The molecule has 0 aliphatic rings. The average molecular weight is 252 g/mol. The predicted octanol–water partition coefficient (Wildman–Crippen LogP) is 1.42.